The first-order valence-electron chi connectivity index (χ1n) is 7.41. The minimum atomic E-state index is -0.101. The van der Waals surface area contributed by atoms with Gasteiger partial charge in [0, 0.05) is 17.1 Å². The summed E-state index contributed by atoms with van der Waals surface area (Å²) in [5, 5.41) is 0.754. The molecular formula is C16H15N3O2S. The lowest BCUT2D eigenvalue weighted by atomic mass is 9.97. The molecule has 112 valence electrons. The third-order valence-electron chi connectivity index (χ3n) is 4.09. The highest BCUT2D eigenvalue weighted by Gasteiger charge is 2.19. The van der Waals surface area contributed by atoms with Gasteiger partial charge in [-0.2, -0.15) is 0 Å². The second-order valence-corrected chi connectivity index (χ2v) is 6.65. The van der Waals surface area contributed by atoms with E-state index in [1.165, 1.54) is 27.5 Å². The average molecular weight is 313 g/mol. The van der Waals surface area contributed by atoms with E-state index in [0.29, 0.717) is 5.82 Å². The van der Waals surface area contributed by atoms with Crippen molar-refractivity contribution in [3.63, 3.8) is 0 Å². The van der Waals surface area contributed by atoms with Gasteiger partial charge in [-0.3, -0.25) is 9.59 Å². The number of rotatable bonds is 2. The summed E-state index contributed by atoms with van der Waals surface area (Å²) in [6.45, 7) is 0.285. The molecule has 0 saturated carbocycles. The number of pyridine rings is 1. The molecule has 0 aliphatic heterocycles. The molecule has 1 aliphatic carbocycles. The van der Waals surface area contributed by atoms with Crippen LogP contribution in [0, 0.1) is 0 Å². The van der Waals surface area contributed by atoms with Crippen molar-refractivity contribution in [3.8, 4) is 0 Å². The van der Waals surface area contributed by atoms with Crippen LogP contribution < -0.4 is 11.1 Å². The first kappa shape index (κ1) is 13.5. The number of H-pyrrole nitrogens is 1. The zero-order chi connectivity index (χ0) is 15.1. The van der Waals surface area contributed by atoms with Gasteiger partial charge in [0.25, 0.3) is 11.1 Å². The van der Waals surface area contributed by atoms with Crippen LogP contribution >= 0.6 is 11.3 Å². The van der Waals surface area contributed by atoms with Crippen molar-refractivity contribution in [2.24, 2.45) is 0 Å². The summed E-state index contributed by atoms with van der Waals surface area (Å²) >= 11 is 1.62. The minimum Gasteiger partial charge on any atom is -0.308 e. The summed E-state index contributed by atoms with van der Waals surface area (Å²) in [6.07, 6.45) is 6.04. The van der Waals surface area contributed by atoms with Gasteiger partial charge in [0.15, 0.2) is 0 Å². The molecule has 0 unspecified atom stereocenters. The summed E-state index contributed by atoms with van der Waals surface area (Å²) in [7, 11) is 0. The molecule has 3 heterocycles. The highest BCUT2D eigenvalue weighted by molar-refractivity contribution is 7.18. The third-order valence-corrected chi connectivity index (χ3v) is 5.28. The van der Waals surface area contributed by atoms with E-state index < -0.39 is 0 Å². The second kappa shape index (κ2) is 5.21. The Labute approximate surface area is 130 Å². The molecule has 0 aromatic carbocycles. The molecule has 0 amide bonds. The summed E-state index contributed by atoms with van der Waals surface area (Å²) in [4.78, 5) is 33.7. The number of nitrogens with one attached hydrogen (secondary N) is 1. The van der Waals surface area contributed by atoms with Crippen LogP contribution in [0.4, 0.5) is 0 Å². The van der Waals surface area contributed by atoms with E-state index in [4.69, 9.17) is 0 Å². The molecular weight excluding hydrogens is 298 g/mol. The molecule has 3 aromatic rings. The SMILES string of the molecule is O=c1[nH]c(Cn2ccccc2=O)nc2sc3c(c12)CCCC3. The smallest absolute Gasteiger partial charge is 0.259 e. The van der Waals surface area contributed by atoms with Crippen LogP contribution in [0.5, 0.6) is 0 Å². The Hall–Kier alpha value is -2.21. The van der Waals surface area contributed by atoms with E-state index in [2.05, 4.69) is 9.97 Å². The van der Waals surface area contributed by atoms with Crippen molar-refractivity contribution in [3.05, 3.63) is 61.4 Å². The number of aromatic nitrogens is 3. The lowest BCUT2D eigenvalue weighted by Crippen LogP contribution is -2.22. The molecule has 0 atom stereocenters. The van der Waals surface area contributed by atoms with Gasteiger partial charge >= 0.3 is 0 Å². The lowest BCUT2D eigenvalue weighted by molar-refractivity contribution is 0.698. The standard InChI is InChI=1S/C16H15N3O2S/c20-13-7-3-4-8-19(13)9-12-17-15(21)14-10-5-1-2-6-11(10)22-16(14)18-12/h3-4,7-8H,1-2,5-6,9H2,(H,17,18,21). The molecule has 1 aliphatic rings. The average Bonchev–Trinajstić information content (AvgIpc) is 2.88. The van der Waals surface area contributed by atoms with E-state index in [1.54, 1.807) is 29.7 Å². The predicted octanol–water partition coefficient (Wildman–Crippen LogP) is 2.07. The Morgan fingerprint density at radius 3 is 2.95 bits per heavy atom. The molecule has 1 N–H and O–H groups in total. The molecule has 22 heavy (non-hydrogen) atoms. The van der Waals surface area contributed by atoms with Gasteiger partial charge in [-0.25, -0.2) is 4.98 Å². The fourth-order valence-electron chi connectivity index (χ4n) is 3.04. The summed E-state index contributed by atoms with van der Waals surface area (Å²) in [5.74, 6) is 0.532. The zero-order valence-electron chi connectivity index (χ0n) is 12.0. The van der Waals surface area contributed by atoms with Crippen molar-refractivity contribution in [2.45, 2.75) is 32.2 Å². The Balaban J connectivity index is 1.82. The first-order valence-corrected chi connectivity index (χ1v) is 8.23. The van der Waals surface area contributed by atoms with E-state index >= 15 is 0 Å². The summed E-state index contributed by atoms with van der Waals surface area (Å²) in [5.41, 5.74) is 1.00. The van der Waals surface area contributed by atoms with Gasteiger partial charge in [0.1, 0.15) is 10.7 Å². The van der Waals surface area contributed by atoms with Crippen LogP contribution in [-0.4, -0.2) is 14.5 Å². The summed E-state index contributed by atoms with van der Waals surface area (Å²) in [6, 6.07) is 4.99. The Morgan fingerprint density at radius 1 is 1.23 bits per heavy atom. The topological polar surface area (TPSA) is 67.8 Å². The maximum Gasteiger partial charge on any atom is 0.259 e. The number of aryl methyl sites for hydroxylation is 2. The highest BCUT2D eigenvalue weighted by atomic mass is 32.1. The van der Waals surface area contributed by atoms with Crippen molar-refractivity contribution in [1.82, 2.24) is 14.5 Å². The zero-order valence-corrected chi connectivity index (χ0v) is 12.8. The van der Waals surface area contributed by atoms with Crippen molar-refractivity contribution in [2.75, 3.05) is 0 Å². The van der Waals surface area contributed by atoms with E-state index in [1.807, 2.05) is 0 Å². The molecule has 0 radical (unpaired) electrons. The van der Waals surface area contributed by atoms with Crippen molar-refractivity contribution >= 4 is 21.6 Å². The van der Waals surface area contributed by atoms with Crippen LogP contribution in [-0.2, 0) is 19.4 Å². The highest BCUT2D eigenvalue weighted by Crippen LogP contribution is 2.33. The fraction of sp³-hybridized carbons (Fsp3) is 0.312. The minimum absolute atomic E-state index is 0.0802. The second-order valence-electron chi connectivity index (χ2n) is 5.57. The van der Waals surface area contributed by atoms with Crippen LogP contribution in [0.3, 0.4) is 0 Å². The molecule has 4 rings (SSSR count). The van der Waals surface area contributed by atoms with Gasteiger partial charge in [-0.15, -0.1) is 11.3 Å². The van der Waals surface area contributed by atoms with Gasteiger partial charge in [-0.1, -0.05) is 6.07 Å². The van der Waals surface area contributed by atoms with Crippen molar-refractivity contribution in [1.29, 1.82) is 0 Å². The van der Waals surface area contributed by atoms with Crippen LogP contribution in [0.25, 0.3) is 10.2 Å². The largest absolute Gasteiger partial charge is 0.308 e. The number of thiophene rings is 1. The first-order chi connectivity index (χ1) is 10.7. The van der Waals surface area contributed by atoms with E-state index in [0.717, 1.165) is 29.5 Å². The maximum atomic E-state index is 12.4. The lowest BCUT2D eigenvalue weighted by Gasteiger charge is -2.09. The van der Waals surface area contributed by atoms with Gasteiger partial charge in [-0.05, 0) is 37.3 Å². The Bertz CT molecular complexity index is 967. The molecule has 6 heteroatoms. The number of hydrogen-bond donors (Lipinski definition) is 1. The molecule has 0 fully saturated rings. The van der Waals surface area contributed by atoms with Crippen LogP contribution in [0.1, 0.15) is 29.1 Å². The summed E-state index contributed by atoms with van der Waals surface area (Å²) < 4.78 is 1.54. The predicted molar refractivity (Wildman–Crippen MR) is 86.7 cm³/mol. The van der Waals surface area contributed by atoms with Gasteiger partial charge in [0.2, 0.25) is 0 Å². The van der Waals surface area contributed by atoms with E-state index in [9.17, 15) is 9.59 Å². The van der Waals surface area contributed by atoms with Gasteiger partial charge < -0.3 is 9.55 Å². The Kier molecular flexibility index (Phi) is 3.18. The van der Waals surface area contributed by atoms with E-state index in [-0.39, 0.29) is 17.7 Å². The molecule has 3 aromatic heterocycles. The third kappa shape index (κ3) is 2.20. The quantitative estimate of drug-likeness (QED) is 0.787. The van der Waals surface area contributed by atoms with Gasteiger partial charge in [0.05, 0.1) is 11.9 Å². The van der Waals surface area contributed by atoms with Crippen molar-refractivity contribution < 1.29 is 0 Å². The van der Waals surface area contributed by atoms with Crippen LogP contribution in [0.2, 0.25) is 0 Å². The molecule has 0 saturated heterocycles. The monoisotopic (exact) mass is 313 g/mol. The Morgan fingerprint density at radius 2 is 2.09 bits per heavy atom. The molecule has 5 nitrogen and oxygen atoms in total. The van der Waals surface area contributed by atoms with Crippen LogP contribution in [0.15, 0.2) is 34.0 Å². The fourth-order valence-corrected chi connectivity index (χ4v) is 4.32. The molecule has 0 spiro atoms. The number of hydrogen-bond acceptors (Lipinski definition) is 4. The normalized spacial score (nSPS) is 14.2. The maximum absolute atomic E-state index is 12.4. The number of fused-ring (bicyclic) bond motifs is 3. The number of aromatic amines is 1. The number of nitrogens with zero attached hydrogens (tertiary/aromatic N) is 2. The molecule has 0 bridgehead atoms.